The van der Waals surface area contributed by atoms with Crippen LogP contribution in [0.5, 0.6) is 0 Å². The first-order chi connectivity index (χ1) is 9.06. The first kappa shape index (κ1) is 13.5. The Morgan fingerprint density at radius 1 is 1.37 bits per heavy atom. The maximum atomic E-state index is 13.6. The number of benzene rings is 1. The molecular formula is C14H12FNO2S. The van der Waals surface area contributed by atoms with Crippen LogP contribution in [0.25, 0.3) is 0 Å². The van der Waals surface area contributed by atoms with Crippen LogP contribution in [-0.2, 0) is 5.75 Å². The van der Waals surface area contributed by atoms with Gasteiger partial charge in [0.25, 0.3) is 0 Å². The highest BCUT2D eigenvalue weighted by Gasteiger charge is 2.09. The lowest BCUT2D eigenvalue weighted by Crippen LogP contribution is -1.97. The van der Waals surface area contributed by atoms with E-state index in [9.17, 15) is 9.18 Å². The van der Waals surface area contributed by atoms with Crippen molar-refractivity contribution in [2.24, 2.45) is 0 Å². The van der Waals surface area contributed by atoms with Gasteiger partial charge in [-0.15, -0.1) is 11.8 Å². The van der Waals surface area contributed by atoms with E-state index in [-0.39, 0.29) is 5.56 Å². The van der Waals surface area contributed by atoms with Gasteiger partial charge in [-0.3, -0.25) is 4.98 Å². The first-order valence-corrected chi connectivity index (χ1v) is 6.61. The van der Waals surface area contributed by atoms with Crippen molar-refractivity contribution in [1.82, 2.24) is 4.98 Å². The average Bonchev–Trinajstić information content (AvgIpc) is 2.37. The number of carbonyl (C=O) groups is 1. The third-order valence-electron chi connectivity index (χ3n) is 2.50. The number of carboxylic acid groups (broad SMARTS) is 1. The van der Waals surface area contributed by atoms with Gasteiger partial charge in [0.05, 0.1) is 5.56 Å². The second kappa shape index (κ2) is 5.84. The molecule has 0 atom stereocenters. The van der Waals surface area contributed by atoms with E-state index in [1.54, 1.807) is 12.4 Å². The minimum atomic E-state index is -1.06. The molecule has 3 nitrogen and oxygen atoms in total. The quantitative estimate of drug-likeness (QED) is 0.869. The van der Waals surface area contributed by atoms with Gasteiger partial charge in [-0.25, -0.2) is 9.18 Å². The predicted octanol–water partition coefficient (Wildman–Crippen LogP) is 3.52. The number of hydrogen-bond donors (Lipinski definition) is 1. The Kier molecular flexibility index (Phi) is 4.16. The van der Waals surface area contributed by atoms with E-state index in [4.69, 9.17) is 5.11 Å². The summed E-state index contributed by atoms with van der Waals surface area (Å²) >= 11 is 1.26. The van der Waals surface area contributed by atoms with Crippen molar-refractivity contribution in [2.45, 2.75) is 17.6 Å². The lowest BCUT2D eigenvalue weighted by Gasteiger charge is -2.05. The molecule has 0 aliphatic rings. The summed E-state index contributed by atoms with van der Waals surface area (Å²) in [6, 6.07) is 5.76. The molecule has 1 heterocycles. The van der Waals surface area contributed by atoms with Gasteiger partial charge in [0.1, 0.15) is 5.82 Å². The predicted molar refractivity (Wildman–Crippen MR) is 71.9 cm³/mol. The fraction of sp³-hybridized carbons (Fsp3) is 0.143. The zero-order valence-corrected chi connectivity index (χ0v) is 11.1. The molecule has 2 aromatic rings. The number of pyridine rings is 1. The summed E-state index contributed by atoms with van der Waals surface area (Å²) in [4.78, 5) is 15.2. The van der Waals surface area contributed by atoms with E-state index in [0.717, 1.165) is 11.1 Å². The van der Waals surface area contributed by atoms with Gasteiger partial charge in [0.2, 0.25) is 0 Å². The SMILES string of the molecule is Cc1cncc(CSc2cc(C(=O)O)ccc2F)c1. The highest BCUT2D eigenvalue weighted by Crippen LogP contribution is 2.26. The second-order valence-corrected chi connectivity index (χ2v) is 5.13. The zero-order chi connectivity index (χ0) is 13.8. The van der Waals surface area contributed by atoms with E-state index in [2.05, 4.69) is 4.98 Å². The Hall–Kier alpha value is -1.88. The molecule has 2 rings (SSSR count). The Balaban J connectivity index is 2.15. The Labute approximate surface area is 114 Å². The Bertz CT molecular complexity index is 616. The summed E-state index contributed by atoms with van der Waals surface area (Å²) in [7, 11) is 0. The summed E-state index contributed by atoms with van der Waals surface area (Å²) < 4.78 is 13.6. The number of aryl methyl sites for hydroxylation is 1. The molecule has 0 aliphatic carbocycles. The van der Waals surface area contributed by atoms with Crippen LogP contribution < -0.4 is 0 Å². The van der Waals surface area contributed by atoms with E-state index < -0.39 is 11.8 Å². The summed E-state index contributed by atoms with van der Waals surface area (Å²) in [5, 5.41) is 8.88. The standard InChI is InChI=1S/C14H12FNO2S/c1-9-4-10(7-16-6-9)8-19-13-5-11(14(17)18)2-3-12(13)15/h2-7H,8H2,1H3,(H,17,18). The maximum absolute atomic E-state index is 13.6. The van der Waals surface area contributed by atoms with Crippen LogP contribution in [0.3, 0.4) is 0 Å². The molecule has 0 saturated heterocycles. The molecular weight excluding hydrogens is 265 g/mol. The third-order valence-corrected chi connectivity index (χ3v) is 3.61. The smallest absolute Gasteiger partial charge is 0.335 e. The average molecular weight is 277 g/mol. The van der Waals surface area contributed by atoms with Gasteiger partial charge < -0.3 is 5.11 Å². The normalized spacial score (nSPS) is 10.4. The highest BCUT2D eigenvalue weighted by atomic mass is 32.2. The number of hydrogen-bond acceptors (Lipinski definition) is 3. The monoisotopic (exact) mass is 277 g/mol. The van der Waals surface area contributed by atoms with Crippen LogP contribution in [0.4, 0.5) is 4.39 Å². The van der Waals surface area contributed by atoms with E-state index in [0.29, 0.717) is 10.6 Å². The summed E-state index contributed by atoms with van der Waals surface area (Å²) in [6.07, 6.45) is 3.47. The molecule has 98 valence electrons. The van der Waals surface area contributed by atoms with Crippen molar-refractivity contribution in [3.05, 3.63) is 59.2 Å². The molecule has 5 heteroatoms. The van der Waals surface area contributed by atoms with Crippen molar-refractivity contribution in [2.75, 3.05) is 0 Å². The molecule has 1 aromatic heterocycles. The van der Waals surface area contributed by atoms with Gasteiger partial charge in [-0.05, 0) is 36.2 Å². The zero-order valence-electron chi connectivity index (χ0n) is 10.3. The lowest BCUT2D eigenvalue weighted by atomic mass is 10.2. The first-order valence-electron chi connectivity index (χ1n) is 5.62. The van der Waals surface area contributed by atoms with Crippen molar-refractivity contribution < 1.29 is 14.3 Å². The molecule has 0 radical (unpaired) electrons. The number of nitrogens with zero attached hydrogens (tertiary/aromatic N) is 1. The van der Waals surface area contributed by atoms with Crippen molar-refractivity contribution in [3.8, 4) is 0 Å². The third kappa shape index (κ3) is 3.54. The van der Waals surface area contributed by atoms with Crippen molar-refractivity contribution >= 4 is 17.7 Å². The Morgan fingerprint density at radius 3 is 2.84 bits per heavy atom. The molecule has 0 amide bonds. The van der Waals surface area contributed by atoms with Crippen molar-refractivity contribution in [3.63, 3.8) is 0 Å². The largest absolute Gasteiger partial charge is 0.478 e. The molecule has 1 aromatic carbocycles. The number of thioether (sulfide) groups is 1. The number of aromatic nitrogens is 1. The molecule has 0 aliphatic heterocycles. The minimum Gasteiger partial charge on any atom is -0.478 e. The van der Waals surface area contributed by atoms with Crippen molar-refractivity contribution in [1.29, 1.82) is 0 Å². The number of halogens is 1. The van der Waals surface area contributed by atoms with Gasteiger partial charge in [-0.1, -0.05) is 6.07 Å². The van der Waals surface area contributed by atoms with Crippen LogP contribution in [0.1, 0.15) is 21.5 Å². The number of rotatable bonds is 4. The Morgan fingerprint density at radius 2 is 2.16 bits per heavy atom. The molecule has 0 fully saturated rings. The van der Waals surface area contributed by atoms with Crippen LogP contribution in [0, 0.1) is 12.7 Å². The molecule has 0 bridgehead atoms. The van der Waals surface area contributed by atoms with Crippen LogP contribution in [0.15, 0.2) is 41.6 Å². The summed E-state index contributed by atoms with van der Waals surface area (Å²) in [6.45, 7) is 1.94. The topological polar surface area (TPSA) is 50.2 Å². The minimum absolute atomic E-state index is 0.0891. The van der Waals surface area contributed by atoms with Gasteiger partial charge in [-0.2, -0.15) is 0 Å². The maximum Gasteiger partial charge on any atom is 0.335 e. The molecule has 1 N–H and O–H groups in total. The van der Waals surface area contributed by atoms with Gasteiger partial charge in [0, 0.05) is 23.0 Å². The van der Waals surface area contributed by atoms with Crippen LogP contribution in [0.2, 0.25) is 0 Å². The van der Waals surface area contributed by atoms with Crippen LogP contribution >= 0.6 is 11.8 Å². The summed E-state index contributed by atoms with van der Waals surface area (Å²) in [5.74, 6) is -0.913. The number of carboxylic acids is 1. The fourth-order valence-corrected chi connectivity index (χ4v) is 2.50. The lowest BCUT2D eigenvalue weighted by molar-refractivity contribution is 0.0696. The van der Waals surface area contributed by atoms with E-state index in [1.165, 1.54) is 30.0 Å². The second-order valence-electron chi connectivity index (χ2n) is 4.11. The molecule has 19 heavy (non-hydrogen) atoms. The summed E-state index contributed by atoms with van der Waals surface area (Å²) in [5.41, 5.74) is 2.11. The number of aromatic carboxylic acids is 1. The molecule has 0 saturated carbocycles. The van der Waals surface area contributed by atoms with E-state index in [1.807, 2.05) is 13.0 Å². The molecule has 0 unspecified atom stereocenters. The van der Waals surface area contributed by atoms with Gasteiger partial charge in [0.15, 0.2) is 0 Å². The van der Waals surface area contributed by atoms with Gasteiger partial charge >= 0.3 is 5.97 Å². The van der Waals surface area contributed by atoms with Crippen LogP contribution in [-0.4, -0.2) is 16.1 Å². The molecule has 0 spiro atoms. The fourth-order valence-electron chi connectivity index (χ4n) is 1.60. The highest BCUT2D eigenvalue weighted by molar-refractivity contribution is 7.98. The van der Waals surface area contributed by atoms with E-state index >= 15 is 0 Å².